The maximum absolute atomic E-state index is 11.8. The number of benzene rings is 1. The largest absolute Gasteiger partial charge is 0.351 e. The Labute approximate surface area is 106 Å². The fourth-order valence-electron chi connectivity index (χ4n) is 1.17. The number of amides is 1. The molecule has 0 fully saturated rings. The van der Waals surface area contributed by atoms with Crippen molar-refractivity contribution in [3.05, 3.63) is 35.4 Å². The zero-order chi connectivity index (χ0) is 12.9. The third-order valence-electron chi connectivity index (χ3n) is 2.37. The van der Waals surface area contributed by atoms with Gasteiger partial charge in [-0.05, 0) is 29.7 Å². The molecule has 0 spiro atoms. The molecule has 17 heavy (non-hydrogen) atoms. The highest BCUT2D eigenvalue weighted by molar-refractivity contribution is 6.18. The molecule has 1 aromatic carbocycles. The molecule has 0 unspecified atom stereocenters. The Hall–Kier alpha value is -1.53. The summed E-state index contributed by atoms with van der Waals surface area (Å²) in [6.45, 7) is 4.49. The van der Waals surface area contributed by atoms with Crippen LogP contribution in [-0.4, -0.2) is 18.3 Å². The van der Waals surface area contributed by atoms with Gasteiger partial charge in [0.15, 0.2) is 0 Å². The maximum Gasteiger partial charge on any atom is 0.251 e. The second-order valence-electron chi connectivity index (χ2n) is 4.67. The number of hydrogen-bond acceptors (Lipinski definition) is 2. The number of carbonyl (C=O) groups is 1. The zero-order valence-electron chi connectivity index (χ0n) is 9.96. The number of alkyl halides is 1. The molecule has 1 amide bonds. The lowest BCUT2D eigenvalue weighted by molar-refractivity contribution is 0.0940. The Morgan fingerprint density at radius 1 is 1.41 bits per heavy atom. The summed E-state index contributed by atoms with van der Waals surface area (Å²) in [5.74, 6) is 0.341. The van der Waals surface area contributed by atoms with Crippen molar-refractivity contribution < 1.29 is 4.79 Å². The standard InChI is InChI=1S/C13H15ClN2O/c1-13(2,8-14)9-16-12(17)11-5-3-10(7-15)4-6-11/h3-6H,8-9H2,1-2H3,(H,16,17). The molecule has 1 aromatic rings. The van der Waals surface area contributed by atoms with Crippen molar-refractivity contribution in [2.24, 2.45) is 5.41 Å². The summed E-state index contributed by atoms with van der Waals surface area (Å²) in [6.07, 6.45) is 0. The van der Waals surface area contributed by atoms with E-state index in [1.54, 1.807) is 24.3 Å². The Bertz CT molecular complexity index is 432. The van der Waals surface area contributed by atoms with Gasteiger partial charge in [-0.2, -0.15) is 5.26 Å². The van der Waals surface area contributed by atoms with E-state index in [0.29, 0.717) is 23.6 Å². The summed E-state index contributed by atoms with van der Waals surface area (Å²) in [7, 11) is 0. The topological polar surface area (TPSA) is 52.9 Å². The van der Waals surface area contributed by atoms with Crippen LogP contribution in [-0.2, 0) is 0 Å². The average Bonchev–Trinajstić information content (AvgIpc) is 2.36. The van der Waals surface area contributed by atoms with Gasteiger partial charge in [0.25, 0.3) is 5.91 Å². The highest BCUT2D eigenvalue weighted by Crippen LogP contribution is 2.15. The van der Waals surface area contributed by atoms with Gasteiger partial charge in [0.2, 0.25) is 0 Å². The van der Waals surface area contributed by atoms with Gasteiger partial charge in [-0.15, -0.1) is 11.6 Å². The van der Waals surface area contributed by atoms with Crippen LogP contribution in [0, 0.1) is 16.7 Å². The molecular formula is C13H15ClN2O. The van der Waals surface area contributed by atoms with E-state index in [9.17, 15) is 4.79 Å². The van der Waals surface area contributed by atoms with Crippen LogP contribution in [0.5, 0.6) is 0 Å². The minimum atomic E-state index is -0.146. The van der Waals surface area contributed by atoms with Crippen LogP contribution < -0.4 is 5.32 Å². The molecule has 0 aliphatic heterocycles. The molecule has 0 atom stereocenters. The first-order valence-electron chi connectivity index (χ1n) is 5.33. The van der Waals surface area contributed by atoms with Crippen LogP contribution >= 0.6 is 11.6 Å². The molecular weight excluding hydrogens is 236 g/mol. The summed E-state index contributed by atoms with van der Waals surface area (Å²) in [5, 5.41) is 11.5. The van der Waals surface area contributed by atoms with E-state index in [2.05, 4.69) is 5.32 Å². The van der Waals surface area contributed by atoms with Crippen LogP contribution in [0.2, 0.25) is 0 Å². The average molecular weight is 251 g/mol. The van der Waals surface area contributed by atoms with Gasteiger partial charge in [0.05, 0.1) is 11.6 Å². The van der Waals surface area contributed by atoms with Crippen LogP contribution in [0.25, 0.3) is 0 Å². The van der Waals surface area contributed by atoms with Crippen LogP contribution in [0.15, 0.2) is 24.3 Å². The van der Waals surface area contributed by atoms with E-state index >= 15 is 0 Å². The fraction of sp³-hybridized carbons (Fsp3) is 0.385. The Morgan fingerprint density at radius 2 is 2.00 bits per heavy atom. The highest BCUT2D eigenvalue weighted by Gasteiger charge is 2.17. The lowest BCUT2D eigenvalue weighted by Crippen LogP contribution is -2.34. The van der Waals surface area contributed by atoms with Gasteiger partial charge < -0.3 is 5.32 Å². The van der Waals surface area contributed by atoms with Crippen molar-refractivity contribution in [2.45, 2.75) is 13.8 Å². The lowest BCUT2D eigenvalue weighted by atomic mass is 9.96. The van der Waals surface area contributed by atoms with Crippen molar-refractivity contribution in [2.75, 3.05) is 12.4 Å². The van der Waals surface area contributed by atoms with Crippen molar-refractivity contribution in [3.8, 4) is 6.07 Å². The Kier molecular flexibility index (Phi) is 4.53. The quantitative estimate of drug-likeness (QED) is 0.835. The van der Waals surface area contributed by atoms with Gasteiger partial charge in [-0.3, -0.25) is 4.79 Å². The minimum Gasteiger partial charge on any atom is -0.351 e. The molecule has 0 aromatic heterocycles. The number of nitrogens with zero attached hydrogens (tertiary/aromatic N) is 1. The van der Waals surface area contributed by atoms with Crippen LogP contribution in [0.3, 0.4) is 0 Å². The van der Waals surface area contributed by atoms with E-state index in [1.807, 2.05) is 19.9 Å². The summed E-state index contributed by atoms with van der Waals surface area (Å²) in [4.78, 5) is 11.8. The Morgan fingerprint density at radius 3 is 2.47 bits per heavy atom. The molecule has 3 nitrogen and oxygen atoms in total. The predicted octanol–water partition coefficient (Wildman–Crippen LogP) is 2.55. The maximum atomic E-state index is 11.8. The number of halogens is 1. The SMILES string of the molecule is CC(C)(CCl)CNC(=O)c1ccc(C#N)cc1. The van der Waals surface area contributed by atoms with Crippen LogP contribution in [0.1, 0.15) is 29.8 Å². The molecule has 1 rings (SSSR count). The second kappa shape index (κ2) is 5.70. The fourth-order valence-corrected chi connectivity index (χ4v) is 1.26. The highest BCUT2D eigenvalue weighted by atomic mass is 35.5. The minimum absolute atomic E-state index is 0.121. The van der Waals surface area contributed by atoms with E-state index < -0.39 is 0 Å². The van der Waals surface area contributed by atoms with E-state index in [-0.39, 0.29) is 11.3 Å². The molecule has 0 saturated carbocycles. The molecule has 1 N–H and O–H groups in total. The number of carbonyl (C=O) groups excluding carboxylic acids is 1. The number of rotatable bonds is 4. The molecule has 0 aliphatic carbocycles. The lowest BCUT2D eigenvalue weighted by Gasteiger charge is -2.21. The third-order valence-corrected chi connectivity index (χ3v) is 3.09. The molecule has 0 aliphatic rings. The first-order valence-corrected chi connectivity index (χ1v) is 5.86. The number of hydrogen-bond donors (Lipinski definition) is 1. The molecule has 4 heteroatoms. The summed E-state index contributed by atoms with van der Waals surface area (Å²) < 4.78 is 0. The van der Waals surface area contributed by atoms with E-state index in [4.69, 9.17) is 16.9 Å². The van der Waals surface area contributed by atoms with Crippen LogP contribution in [0.4, 0.5) is 0 Å². The molecule has 0 saturated heterocycles. The normalized spacial score (nSPS) is 10.7. The Balaban J connectivity index is 2.62. The zero-order valence-corrected chi connectivity index (χ0v) is 10.7. The van der Waals surface area contributed by atoms with Gasteiger partial charge in [0.1, 0.15) is 0 Å². The van der Waals surface area contributed by atoms with Gasteiger partial charge >= 0.3 is 0 Å². The van der Waals surface area contributed by atoms with E-state index in [0.717, 1.165) is 0 Å². The van der Waals surface area contributed by atoms with E-state index in [1.165, 1.54) is 0 Å². The third kappa shape index (κ3) is 4.08. The number of nitrogens with one attached hydrogen (secondary N) is 1. The predicted molar refractivity (Wildman–Crippen MR) is 68.0 cm³/mol. The number of nitriles is 1. The van der Waals surface area contributed by atoms with Crippen molar-refractivity contribution >= 4 is 17.5 Å². The smallest absolute Gasteiger partial charge is 0.251 e. The summed E-state index contributed by atoms with van der Waals surface area (Å²) in [5.41, 5.74) is 0.973. The second-order valence-corrected chi connectivity index (χ2v) is 4.94. The van der Waals surface area contributed by atoms with Gasteiger partial charge in [-0.25, -0.2) is 0 Å². The molecule has 0 radical (unpaired) electrons. The molecule has 0 heterocycles. The van der Waals surface area contributed by atoms with Crippen molar-refractivity contribution in [1.82, 2.24) is 5.32 Å². The first-order chi connectivity index (χ1) is 7.98. The summed E-state index contributed by atoms with van der Waals surface area (Å²) >= 11 is 5.77. The van der Waals surface area contributed by atoms with Crippen molar-refractivity contribution in [1.29, 1.82) is 5.26 Å². The molecule has 0 bridgehead atoms. The summed E-state index contributed by atoms with van der Waals surface area (Å²) in [6, 6.07) is 8.54. The molecule has 90 valence electrons. The van der Waals surface area contributed by atoms with Crippen molar-refractivity contribution in [3.63, 3.8) is 0 Å². The van der Waals surface area contributed by atoms with Gasteiger partial charge in [-0.1, -0.05) is 13.8 Å². The van der Waals surface area contributed by atoms with Gasteiger partial charge in [0, 0.05) is 18.0 Å². The first kappa shape index (κ1) is 13.5. The monoisotopic (exact) mass is 250 g/mol.